The van der Waals surface area contributed by atoms with Crippen LogP contribution in [0.4, 0.5) is 4.39 Å². The molecule has 22 heavy (non-hydrogen) atoms. The Morgan fingerprint density at radius 3 is 2.59 bits per heavy atom. The maximum absolute atomic E-state index is 12.9. The number of aryl methyl sites for hydroxylation is 1. The molecule has 1 amide bonds. The van der Waals surface area contributed by atoms with Crippen LogP contribution in [0.1, 0.15) is 36.0 Å². The van der Waals surface area contributed by atoms with Gasteiger partial charge in [-0.15, -0.1) is 0 Å². The van der Waals surface area contributed by atoms with E-state index in [2.05, 4.69) is 10.1 Å². The number of carbonyl (C=O) groups is 1. The fraction of sp³-hybridized carbons (Fsp3) is 0.438. The van der Waals surface area contributed by atoms with Crippen molar-refractivity contribution in [3.8, 4) is 0 Å². The molecule has 0 saturated carbocycles. The Labute approximate surface area is 128 Å². The zero-order valence-corrected chi connectivity index (χ0v) is 12.5. The summed E-state index contributed by atoms with van der Waals surface area (Å²) in [6.45, 7) is 3.17. The van der Waals surface area contributed by atoms with Crippen LogP contribution >= 0.6 is 0 Å². The first-order valence-electron chi connectivity index (χ1n) is 7.44. The van der Waals surface area contributed by atoms with E-state index in [1.807, 2.05) is 4.90 Å². The molecule has 0 unspecified atom stereocenters. The van der Waals surface area contributed by atoms with Gasteiger partial charge in [0.15, 0.2) is 5.82 Å². The smallest absolute Gasteiger partial charge is 0.229 e. The number of hydrogen-bond acceptors (Lipinski definition) is 4. The highest BCUT2D eigenvalue weighted by atomic mass is 19.1. The Kier molecular flexibility index (Phi) is 4.18. The average molecular weight is 303 g/mol. The first-order valence-corrected chi connectivity index (χ1v) is 7.44. The zero-order valence-electron chi connectivity index (χ0n) is 12.5. The van der Waals surface area contributed by atoms with Gasteiger partial charge in [-0.3, -0.25) is 4.79 Å². The summed E-state index contributed by atoms with van der Waals surface area (Å²) >= 11 is 0. The van der Waals surface area contributed by atoms with Crippen molar-refractivity contribution in [1.29, 1.82) is 0 Å². The van der Waals surface area contributed by atoms with Crippen molar-refractivity contribution in [2.75, 3.05) is 13.1 Å². The Hall–Kier alpha value is -2.24. The molecule has 1 aromatic heterocycles. The number of piperidine rings is 1. The van der Waals surface area contributed by atoms with Crippen molar-refractivity contribution in [3.63, 3.8) is 0 Å². The molecular weight excluding hydrogens is 285 g/mol. The second-order valence-electron chi connectivity index (χ2n) is 5.64. The minimum atomic E-state index is -0.285. The van der Waals surface area contributed by atoms with Gasteiger partial charge in [-0.25, -0.2) is 4.39 Å². The summed E-state index contributed by atoms with van der Waals surface area (Å²) in [5.74, 6) is 1.34. The highest BCUT2D eigenvalue weighted by molar-refractivity contribution is 5.78. The number of carbonyl (C=O) groups excluding carboxylic acids is 1. The maximum atomic E-state index is 12.9. The van der Waals surface area contributed by atoms with Gasteiger partial charge in [-0.1, -0.05) is 17.3 Å². The molecule has 0 radical (unpaired) electrons. The highest BCUT2D eigenvalue weighted by Crippen LogP contribution is 2.27. The summed E-state index contributed by atoms with van der Waals surface area (Å²) in [6.07, 6.45) is 1.97. The maximum Gasteiger partial charge on any atom is 0.229 e. The van der Waals surface area contributed by atoms with Crippen LogP contribution in [0, 0.1) is 12.7 Å². The first kappa shape index (κ1) is 14.7. The first-order chi connectivity index (χ1) is 10.6. The average Bonchev–Trinajstić information content (AvgIpc) is 2.96. The minimum Gasteiger partial charge on any atom is -0.342 e. The number of nitrogens with zero attached hydrogens (tertiary/aromatic N) is 3. The minimum absolute atomic E-state index is 0.0757. The molecule has 0 spiro atoms. The van der Waals surface area contributed by atoms with Gasteiger partial charge in [0.25, 0.3) is 0 Å². The van der Waals surface area contributed by atoms with Gasteiger partial charge in [0.2, 0.25) is 11.8 Å². The zero-order chi connectivity index (χ0) is 15.5. The van der Waals surface area contributed by atoms with Gasteiger partial charge in [-0.2, -0.15) is 4.98 Å². The number of rotatable bonds is 3. The molecule has 116 valence electrons. The molecule has 0 N–H and O–H groups in total. The van der Waals surface area contributed by atoms with Gasteiger partial charge >= 0.3 is 0 Å². The van der Waals surface area contributed by atoms with Crippen molar-refractivity contribution in [2.24, 2.45) is 0 Å². The second kappa shape index (κ2) is 6.25. The number of halogens is 1. The molecule has 6 heteroatoms. The molecule has 1 fully saturated rings. The Morgan fingerprint density at radius 2 is 2.00 bits per heavy atom. The van der Waals surface area contributed by atoms with E-state index in [1.165, 1.54) is 12.1 Å². The van der Waals surface area contributed by atoms with Crippen LogP contribution in [0.25, 0.3) is 0 Å². The van der Waals surface area contributed by atoms with Crippen LogP contribution in [-0.4, -0.2) is 34.0 Å². The third-order valence-electron chi connectivity index (χ3n) is 4.01. The number of hydrogen-bond donors (Lipinski definition) is 0. The SMILES string of the molecule is Cc1noc(C2CCN(C(=O)Cc3ccc(F)cc3)CC2)n1. The van der Waals surface area contributed by atoms with Crippen LogP contribution in [0.2, 0.25) is 0 Å². The normalized spacial score (nSPS) is 16.0. The second-order valence-corrected chi connectivity index (χ2v) is 5.64. The van der Waals surface area contributed by atoms with Gasteiger partial charge in [0, 0.05) is 19.0 Å². The van der Waals surface area contributed by atoms with Crippen LogP contribution in [0.5, 0.6) is 0 Å². The molecule has 0 bridgehead atoms. The van der Waals surface area contributed by atoms with Crippen LogP contribution < -0.4 is 0 Å². The lowest BCUT2D eigenvalue weighted by Crippen LogP contribution is -2.38. The summed E-state index contributed by atoms with van der Waals surface area (Å²) in [5.41, 5.74) is 0.834. The summed E-state index contributed by atoms with van der Waals surface area (Å²) < 4.78 is 18.1. The van der Waals surface area contributed by atoms with E-state index in [4.69, 9.17) is 4.52 Å². The monoisotopic (exact) mass is 303 g/mol. The topological polar surface area (TPSA) is 59.2 Å². The molecule has 2 aromatic rings. The van der Waals surface area contributed by atoms with Crippen LogP contribution in [0.3, 0.4) is 0 Å². The van der Waals surface area contributed by atoms with E-state index in [0.29, 0.717) is 31.2 Å². The third kappa shape index (κ3) is 3.32. The number of likely N-dealkylation sites (tertiary alicyclic amines) is 1. The molecule has 0 atom stereocenters. The van der Waals surface area contributed by atoms with E-state index in [-0.39, 0.29) is 17.6 Å². The number of amides is 1. The van der Waals surface area contributed by atoms with Gasteiger partial charge in [0.05, 0.1) is 6.42 Å². The molecule has 1 aromatic carbocycles. The number of benzene rings is 1. The van der Waals surface area contributed by atoms with Crippen molar-refractivity contribution < 1.29 is 13.7 Å². The lowest BCUT2D eigenvalue weighted by atomic mass is 9.96. The van der Waals surface area contributed by atoms with E-state index >= 15 is 0 Å². The van der Waals surface area contributed by atoms with Gasteiger partial charge < -0.3 is 9.42 Å². The van der Waals surface area contributed by atoms with E-state index in [9.17, 15) is 9.18 Å². The predicted molar refractivity (Wildman–Crippen MR) is 77.7 cm³/mol. The van der Waals surface area contributed by atoms with Crippen molar-refractivity contribution in [1.82, 2.24) is 15.0 Å². The Bertz CT molecular complexity index is 646. The molecule has 0 aliphatic carbocycles. The predicted octanol–water partition coefficient (Wildman–Crippen LogP) is 2.47. The largest absolute Gasteiger partial charge is 0.342 e. The molecule has 1 aliphatic rings. The lowest BCUT2D eigenvalue weighted by Gasteiger charge is -2.30. The summed E-state index contributed by atoms with van der Waals surface area (Å²) in [6, 6.07) is 6.07. The Balaban J connectivity index is 1.54. The van der Waals surface area contributed by atoms with E-state index in [0.717, 1.165) is 18.4 Å². The molecule has 1 aliphatic heterocycles. The number of aromatic nitrogens is 2. The lowest BCUT2D eigenvalue weighted by molar-refractivity contribution is -0.131. The molecular formula is C16H18FN3O2. The standard InChI is InChI=1S/C16H18FN3O2/c1-11-18-16(22-19-11)13-6-8-20(9-7-13)15(21)10-12-2-4-14(17)5-3-12/h2-5,13H,6-10H2,1H3. The van der Waals surface area contributed by atoms with E-state index < -0.39 is 0 Å². The molecule has 3 rings (SSSR count). The fourth-order valence-corrected chi connectivity index (χ4v) is 2.74. The summed E-state index contributed by atoms with van der Waals surface area (Å²) in [4.78, 5) is 18.4. The van der Waals surface area contributed by atoms with Gasteiger partial charge in [0.1, 0.15) is 5.82 Å². The van der Waals surface area contributed by atoms with Crippen LogP contribution in [0.15, 0.2) is 28.8 Å². The van der Waals surface area contributed by atoms with Crippen molar-refractivity contribution in [2.45, 2.75) is 32.1 Å². The summed E-state index contributed by atoms with van der Waals surface area (Å²) in [7, 11) is 0. The quantitative estimate of drug-likeness (QED) is 0.874. The fourth-order valence-electron chi connectivity index (χ4n) is 2.74. The summed E-state index contributed by atoms with van der Waals surface area (Å²) in [5, 5.41) is 3.81. The third-order valence-corrected chi connectivity index (χ3v) is 4.01. The molecule has 1 saturated heterocycles. The van der Waals surface area contributed by atoms with Crippen molar-refractivity contribution >= 4 is 5.91 Å². The van der Waals surface area contributed by atoms with Crippen molar-refractivity contribution in [3.05, 3.63) is 47.4 Å². The Morgan fingerprint density at radius 1 is 1.32 bits per heavy atom. The van der Waals surface area contributed by atoms with E-state index in [1.54, 1.807) is 19.1 Å². The molecule has 5 nitrogen and oxygen atoms in total. The highest BCUT2D eigenvalue weighted by Gasteiger charge is 2.27. The molecule has 2 heterocycles. The van der Waals surface area contributed by atoms with Gasteiger partial charge in [-0.05, 0) is 37.5 Å². The van der Waals surface area contributed by atoms with Crippen LogP contribution in [-0.2, 0) is 11.2 Å².